The zero-order valence-corrected chi connectivity index (χ0v) is 10.5. The van der Waals surface area contributed by atoms with Crippen LogP contribution in [0.25, 0.3) is 0 Å². The zero-order chi connectivity index (χ0) is 12.8. The Morgan fingerprint density at radius 1 is 1.39 bits per heavy atom. The molecule has 0 bridgehead atoms. The predicted molar refractivity (Wildman–Crippen MR) is 71.2 cm³/mol. The topological polar surface area (TPSA) is 38.3 Å². The molecular weight excluding hydrogens is 226 g/mol. The van der Waals surface area contributed by atoms with Crippen LogP contribution in [0.3, 0.4) is 0 Å². The van der Waals surface area contributed by atoms with E-state index in [0.717, 1.165) is 31.2 Å². The van der Waals surface area contributed by atoms with Gasteiger partial charge >= 0.3 is 6.09 Å². The van der Waals surface area contributed by atoms with Crippen LogP contribution in [-0.2, 0) is 11.3 Å². The van der Waals surface area contributed by atoms with Gasteiger partial charge in [-0.05, 0) is 31.2 Å². The number of nitrogens with one attached hydrogen (secondary N) is 1. The van der Waals surface area contributed by atoms with Gasteiger partial charge in [0, 0.05) is 5.54 Å². The second-order valence-corrected chi connectivity index (χ2v) is 4.81. The summed E-state index contributed by atoms with van der Waals surface area (Å²) in [5, 5.41) is 2.97. The number of carbonyl (C=O) groups is 1. The molecule has 18 heavy (non-hydrogen) atoms. The fourth-order valence-corrected chi connectivity index (χ4v) is 2.24. The van der Waals surface area contributed by atoms with Crippen molar-refractivity contribution in [2.24, 2.45) is 0 Å². The lowest BCUT2D eigenvalue weighted by molar-refractivity contribution is 0.107. The molecule has 0 heterocycles. The molecule has 0 atom stereocenters. The second-order valence-electron chi connectivity index (χ2n) is 4.81. The van der Waals surface area contributed by atoms with E-state index in [4.69, 9.17) is 4.74 Å². The van der Waals surface area contributed by atoms with Gasteiger partial charge in [0.05, 0.1) is 0 Å². The molecular formula is C15H19NO2. The lowest BCUT2D eigenvalue weighted by Crippen LogP contribution is -2.53. The lowest BCUT2D eigenvalue weighted by Gasteiger charge is -2.41. The first-order valence-electron chi connectivity index (χ1n) is 6.34. The average Bonchev–Trinajstić information content (AvgIpc) is 2.35. The normalized spacial score (nSPS) is 16.4. The average molecular weight is 245 g/mol. The van der Waals surface area contributed by atoms with E-state index in [1.54, 1.807) is 0 Å². The minimum absolute atomic E-state index is 0.102. The molecule has 3 nitrogen and oxygen atoms in total. The van der Waals surface area contributed by atoms with E-state index < -0.39 is 0 Å². The van der Waals surface area contributed by atoms with E-state index in [2.05, 4.69) is 11.9 Å². The van der Waals surface area contributed by atoms with Gasteiger partial charge in [0.2, 0.25) is 0 Å². The highest BCUT2D eigenvalue weighted by Gasteiger charge is 2.37. The van der Waals surface area contributed by atoms with Gasteiger partial charge in [-0.25, -0.2) is 4.79 Å². The molecule has 0 spiro atoms. The molecule has 1 aliphatic rings. The van der Waals surface area contributed by atoms with Crippen molar-refractivity contribution >= 4 is 6.09 Å². The van der Waals surface area contributed by atoms with E-state index in [1.165, 1.54) is 0 Å². The maximum Gasteiger partial charge on any atom is 0.407 e. The molecule has 3 heteroatoms. The number of ether oxygens (including phenoxy) is 1. The molecule has 1 fully saturated rings. The third-order valence-electron chi connectivity index (χ3n) is 3.43. The number of benzene rings is 1. The van der Waals surface area contributed by atoms with E-state index in [-0.39, 0.29) is 11.6 Å². The maximum absolute atomic E-state index is 11.7. The summed E-state index contributed by atoms with van der Waals surface area (Å²) in [6.45, 7) is 4.05. The smallest absolute Gasteiger partial charge is 0.407 e. The maximum atomic E-state index is 11.7. The number of amides is 1. The van der Waals surface area contributed by atoms with Crippen molar-refractivity contribution in [2.45, 2.75) is 37.8 Å². The molecule has 0 aromatic heterocycles. The molecule has 0 unspecified atom stereocenters. The summed E-state index contributed by atoms with van der Waals surface area (Å²) in [7, 11) is 0. The first-order chi connectivity index (χ1) is 8.74. The summed E-state index contributed by atoms with van der Waals surface area (Å²) < 4.78 is 5.22. The molecule has 1 aromatic carbocycles. The van der Waals surface area contributed by atoms with Gasteiger partial charge in [-0.3, -0.25) is 0 Å². The molecule has 1 amide bonds. The Kier molecular flexibility index (Phi) is 4.03. The third-order valence-corrected chi connectivity index (χ3v) is 3.43. The highest BCUT2D eigenvalue weighted by Crippen LogP contribution is 2.35. The van der Waals surface area contributed by atoms with Crippen LogP contribution in [0.4, 0.5) is 4.79 Å². The highest BCUT2D eigenvalue weighted by molar-refractivity contribution is 5.68. The Balaban J connectivity index is 1.80. The molecule has 1 saturated carbocycles. The molecule has 2 rings (SSSR count). The predicted octanol–water partition coefficient (Wildman–Crippen LogP) is 3.41. The minimum atomic E-state index is -0.333. The van der Waals surface area contributed by atoms with Gasteiger partial charge in [0.25, 0.3) is 0 Å². The van der Waals surface area contributed by atoms with Crippen LogP contribution in [0.1, 0.15) is 31.2 Å². The van der Waals surface area contributed by atoms with Crippen molar-refractivity contribution in [1.82, 2.24) is 5.32 Å². The van der Waals surface area contributed by atoms with Crippen LogP contribution >= 0.6 is 0 Å². The van der Waals surface area contributed by atoms with Crippen molar-refractivity contribution < 1.29 is 9.53 Å². The van der Waals surface area contributed by atoms with Gasteiger partial charge in [0.1, 0.15) is 6.61 Å². The van der Waals surface area contributed by atoms with Crippen LogP contribution in [0.5, 0.6) is 0 Å². The quantitative estimate of drug-likeness (QED) is 0.807. The standard InChI is InChI=1S/C15H19NO2/c1-2-9-15(10-6-11-15)16-14(17)18-12-13-7-4-3-5-8-13/h2-5,7-8H,1,6,9-12H2,(H,16,17). The van der Waals surface area contributed by atoms with Crippen molar-refractivity contribution in [3.8, 4) is 0 Å². The molecule has 1 aliphatic carbocycles. The monoisotopic (exact) mass is 245 g/mol. The summed E-state index contributed by atoms with van der Waals surface area (Å²) in [5.74, 6) is 0. The second kappa shape index (κ2) is 5.71. The molecule has 1 aromatic rings. The Morgan fingerprint density at radius 2 is 2.11 bits per heavy atom. The van der Waals surface area contributed by atoms with Crippen LogP contribution in [0, 0.1) is 0 Å². The summed E-state index contributed by atoms with van der Waals surface area (Å²) in [4.78, 5) is 11.7. The van der Waals surface area contributed by atoms with Gasteiger partial charge in [-0.15, -0.1) is 6.58 Å². The molecule has 0 radical (unpaired) electrons. The summed E-state index contributed by atoms with van der Waals surface area (Å²) in [6.07, 6.45) is 5.52. The van der Waals surface area contributed by atoms with Crippen molar-refractivity contribution in [3.05, 3.63) is 48.6 Å². The Hall–Kier alpha value is -1.77. The van der Waals surface area contributed by atoms with Crippen LogP contribution in [-0.4, -0.2) is 11.6 Å². The van der Waals surface area contributed by atoms with Crippen molar-refractivity contribution in [1.29, 1.82) is 0 Å². The Labute approximate surface area is 108 Å². The van der Waals surface area contributed by atoms with E-state index in [1.807, 2.05) is 36.4 Å². The van der Waals surface area contributed by atoms with E-state index >= 15 is 0 Å². The molecule has 1 N–H and O–H groups in total. The van der Waals surface area contributed by atoms with Gasteiger partial charge in [0.15, 0.2) is 0 Å². The SMILES string of the molecule is C=CCC1(NC(=O)OCc2ccccc2)CCC1. The van der Waals surface area contributed by atoms with Gasteiger partial charge < -0.3 is 10.1 Å². The lowest BCUT2D eigenvalue weighted by atomic mass is 9.74. The number of carbonyl (C=O) groups excluding carboxylic acids is 1. The van der Waals surface area contributed by atoms with E-state index in [0.29, 0.717) is 6.61 Å². The summed E-state index contributed by atoms with van der Waals surface area (Å²) in [5.41, 5.74) is 0.897. The molecule has 96 valence electrons. The fourth-order valence-electron chi connectivity index (χ4n) is 2.24. The Bertz CT molecular complexity index is 410. The largest absolute Gasteiger partial charge is 0.445 e. The number of hydrogen-bond donors (Lipinski definition) is 1. The Morgan fingerprint density at radius 3 is 2.67 bits per heavy atom. The van der Waals surface area contributed by atoms with Crippen molar-refractivity contribution in [2.75, 3.05) is 0 Å². The zero-order valence-electron chi connectivity index (χ0n) is 10.5. The van der Waals surface area contributed by atoms with E-state index in [9.17, 15) is 4.79 Å². The highest BCUT2D eigenvalue weighted by atomic mass is 16.5. The van der Waals surface area contributed by atoms with Crippen molar-refractivity contribution in [3.63, 3.8) is 0 Å². The van der Waals surface area contributed by atoms with Gasteiger partial charge in [-0.1, -0.05) is 36.4 Å². The number of rotatable bonds is 5. The minimum Gasteiger partial charge on any atom is -0.445 e. The van der Waals surface area contributed by atoms with Gasteiger partial charge in [-0.2, -0.15) is 0 Å². The van der Waals surface area contributed by atoms with Crippen LogP contribution < -0.4 is 5.32 Å². The number of hydrogen-bond acceptors (Lipinski definition) is 2. The first-order valence-corrected chi connectivity index (χ1v) is 6.34. The first kappa shape index (κ1) is 12.7. The number of alkyl carbamates (subject to hydrolysis) is 1. The molecule has 0 saturated heterocycles. The summed E-state index contributed by atoms with van der Waals surface area (Å²) in [6, 6.07) is 9.69. The third kappa shape index (κ3) is 3.13. The van der Waals surface area contributed by atoms with Crippen LogP contribution in [0.15, 0.2) is 43.0 Å². The van der Waals surface area contributed by atoms with Crippen LogP contribution in [0.2, 0.25) is 0 Å². The molecule has 0 aliphatic heterocycles. The summed E-state index contributed by atoms with van der Waals surface area (Å²) >= 11 is 0. The fraction of sp³-hybridized carbons (Fsp3) is 0.400.